The SMILES string of the molecule is CCCOc1ccc(NCc2cccc(Br)c2)cc1Cl. The Bertz CT molecular complexity index is 574. The van der Waals surface area contributed by atoms with Gasteiger partial charge in [0.15, 0.2) is 0 Å². The summed E-state index contributed by atoms with van der Waals surface area (Å²) in [6.45, 7) is 3.51. The Hall–Kier alpha value is -1.19. The highest BCUT2D eigenvalue weighted by molar-refractivity contribution is 9.10. The molecule has 0 unspecified atom stereocenters. The van der Waals surface area contributed by atoms with Crippen LogP contribution < -0.4 is 10.1 Å². The number of hydrogen-bond acceptors (Lipinski definition) is 2. The van der Waals surface area contributed by atoms with Crippen molar-refractivity contribution in [3.8, 4) is 5.75 Å². The van der Waals surface area contributed by atoms with Crippen LogP contribution >= 0.6 is 27.5 Å². The van der Waals surface area contributed by atoms with Crippen LogP contribution in [-0.4, -0.2) is 6.61 Å². The van der Waals surface area contributed by atoms with E-state index in [4.69, 9.17) is 16.3 Å². The lowest BCUT2D eigenvalue weighted by molar-refractivity contribution is 0.317. The number of ether oxygens (including phenoxy) is 1. The van der Waals surface area contributed by atoms with E-state index in [2.05, 4.69) is 40.3 Å². The van der Waals surface area contributed by atoms with Gasteiger partial charge in [0.05, 0.1) is 11.6 Å². The van der Waals surface area contributed by atoms with E-state index in [1.807, 2.05) is 30.3 Å². The van der Waals surface area contributed by atoms with E-state index >= 15 is 0 Å². The van der Waals surface area contributed by atoms with E-state index in [1.54, 1.807) is 0 Å². The zero-order valence-electron chi connectivity index (χ0n) is 11.3. The van der Waals surface area contributed by atoms with Crippen LogP contribution in [0.1, 0.15) is 18.9 Å². The normalized spacial score (nSPS) is 10.3. The predicted octanol–water partition coefficient (Wildman–Crippen LogP) is 5.50. The Morgan fingerprint density at radius 2 is 2.05 bits per heavy atom. The van der Waals surface area contributed by atoms with E-state index < -0.39 is 0 Å². The van der Waals surface area contributed by atoms with Gasteiger partial charge in [-0.3, -0.25) is 0 Å². The molecule has 0 aromatic heterocycles. The summed E-state index contributed by atoms with van der Waals surface area (Å²) < 4.78 is 6.64. The minimum absolute atomic E-state index is 0.637. The van der Waals surface area contributed by atoms with E-state index in [0.717, 1.165) is 28.9 Å². The van der Waals surface area contributed by atoms with Crippen molar-refractivity contribution in [3.05, 3.63) is 57.5 Å². The maximum atomic E-state index is 6.20. The number of nitrogens with one attached hydrogen (secondary N) is 1. The van der Waals surface area contributed by atoms with Crippen molar-refractivity contribution in [1.82, 2.24) is 0 Å². The van der Waals surface area contributed by atoms with Crippen molar-refractivity contribution in [2.45, 2.75) is 19.9 Å². The molecule has 2 aromatic carbocycles. The zero-order chi connectivity index (χ0) is 14.4. The fourth-order valence-corrected chi connectivity index (χ4v) is 2.47. The van der Waals surface area contributed by atoms with Crippen molar-refractivity contribution in [2.75, 3.05) is 11.9 Å². The minimum atomic E-state index is 0.637. The van der Waals surface area contributed by atoms with Crippen molar-refractivity contribution < 1.29 is 4.74 Å². The highest BCUT2D eigenvalue weighted by atomic mass is 79.9. The first kappa shape index (κ1) is 15.2. The third-order valence-electron chi connectivity index (χ3n) is 2.78. The Labute approximate surface area is 133 Å². The molecule has 0 spiro atoms. The fraction of sp³-hybridized carbons (Fsp3) is 0.250. The van der Waals surface area contributed by atoms with Gasteiger partial charge in [0.2, 0.25) is 0 Å². The molecular weight excluding hydrogens is 338 g/mol. The van der Waals surface area contributed by atoms with Gasteiger partial charge in [-0.1, -0.05) is 46.6 Å². The van der Waals surface area contributed by atoms with Crippen molar-refractivity contribution in [1.29, 1.82) is 0 Å². The zero-order valence-corrected chi connectivity index (χ0v) is 13.7. The molecule has 0 fully saturated rings. The van der Waals surface area contributed by atoms with Crippen LogP contribution in [0.15, 0.2) is 46.9 Å². The molecule has 0 aliphatic heterocycles. The first-order chi connectivity index (χ1) is 9.69. The number of hydrogen-bond donors (Lipinski definition) is 1. The molecule has 0 saturated heterocycles. The first-order valence-electron chi connectivity index (χ1n) is 6.59. The molecule has 1 N–H and O–H groups in total. The van der Waals surface area contributed by atoms with Crippen molar-refractivity contribution in [2.24, 2.45) is 0 Å². The predicted molar refractivity (Wildman–Crippen MR) is 88.7 cm³/mol. The smallest absolute Gasteiger partial charge is 0.138 e. The molecule has 0 bridgehead atoms. The fourth-order valence-electron chi connectivity index (χ4n) is 1.79. The quantitative estimate of drug-likeness (QED) is 0.739. The molecule has 0 aliphatic carbocycles. The maximum Gasteiger partial charge on any atom is 0.138 e. The van der Waals surface area contributed by atoms with Crippen molar-refractivity contribution in [3.63, 3.8) is 0 Å². The summed E-state index contributed by atoms with van der Waals surface area (Å²) in [5.74, 6) is 0.738. The molecule has 2 aromatic rings. The molecule has 2 nitrogen and oxygen atoms in total. The molecule has 4 heteroatoms. The summed E-state index contributed by atoms with van der Waals surface area (Å²) >= 11 is 9.67. The minimum Gasteiger partial charge on any atom is -0.492 e. The van der Waals surface area contributed by atoms with Gasteiger partial charge in [-0.15, -0.1) is 0 Å². The van der Waals surface area contributed by atoms with Crippen LogP contribution in [0.3, 0.4) is 0 Å². The van der Waals surface area contributed by atoms with Crippen LogP contribution in [0, 0.1) is 0 Å². The summed E-state index contributed by atoms with van der Waals surface area (Å²) in [7, 11) is 0. The number of halogens is 2. The van der Waals surface area contributed by atoms with Crippen molar-refractivity contribution >= 4 is 33.2 Å². The Balaban J connectivity index is 1.98. The van der Waals surface area contributed by atoms with Gasteiger partial charge in [-0.2, -0.15) is 0 Å². The molecule has 2 rings (SSSR count). The van der Waals surface area contributed by atoms with E-state index in [0.29, 0.717) is 11.6 Å². The van der Waals surface area contributed by atoms with Crippen LogP contribution in [0.4, 0.5) is 5.69 Å². The van der Waals surface area contributed by atoms with Gasteiger partial charge in [0.1, 0.15) is 5.75 Å². The van der Waals surface area contributed by atoms with Gasteiger partial charge in [0.25, 0.3) is 0 Å². The average molecular weight is 355 g/mol. The molecule has 106 valence electrons. The van der Waals surface area contributed by atoms with Gasteiger partial charge in [-0.25, -0.2) is 0 Å². The van der Waals surface area contributed by atoms with E-state index in [9.17, 15) is 0 Å². The molecule has 0 atom stereocenters. The van der Waals surface area contributed by atoms with E-state index in [-0.39, 0.29) is 0 Å². The molecule has 20 heavy (non-hydrogen) atoms. The Morgan fingerprint density at radius 3 is 2.75 bits per heavy atom. The summed E-state index contributed by atoms with van der Waals surface area (Å²) in [5.41, 5.74) is 2.20. The monoisotopic (exact) mass is 353 g/mol. The first-order valence-corrected chi connectivity index (χ1v) is 7.77. The number of rotatable bonds is 6. The summed E-state index contributed by atoms with van der Waals surface area (Å²) in [6, 6.07) is 14.0. The van der Waals surface area contributed by atoms with E-state index in [1.165, 1.54) is 5.56 Å². The second kappa shape index (κ2) is 7.55. The molecule has 0 radical (unpaired) electrons. The largest absolute Gasteiger partial charge is 0.492 e. The Morgan fingerprint density at radius 1 is 1.20 bits per heavy atom. The van der Waals surface area contributed by atoms with Crippen LogP contribution in [-0.2, 0) is 6.54 Å². The number of anilines is 1. The van der Waals surface area contributed by atoms with Crippen LogP contribution in [0.25, 0.3) is 0 Å². The molecule has 0 amide bonds. The highest BCUT2D eigenvalue weighted by Gasteiger charge is 2.03. The molecule has 0 heterocycles. The standard InChI is InChI=1S/C16H17BrClNO/c1-2-8-20-16-7-6-14(10-15(16)18)19-11-12-4-3-5-13(17)9-12/h3-7,9-10,19H,2,8,11H2,1H3. The van der Waals surface area contributed by atoms with Gasteiger partial charge < -0.3 is 10.1 Å². The third kappa shape index (κ3) is 4.43. The molecular formula is C16H17BrClNO. The second-order valence-corrected chi connectivity index (χ2v) is 5.80. The third-order valence-corrected chi connectivity index (χ3v) is 3.57. The topological polar surface area (TPSA) is 21.3 Å². The summed E-state index contributed by atoms with van der Waals surface area (Å²) in [4.78, 5) is 0. The number of benzene rings is 2. The summed E-state index contributed by atoms with van der Waals surface area (Å²) in [5, 5.41) is 3.99. The van der Waals surface area contributed by atoms with Gasteiger partial charge in [0, 0.05) is 16.7 Å². The lowest BCUT2D eigenvalue weighted by Crippen LogP contribution is -2.00. The molecule has 0 aliphatic rings. The van der Waals surface area contributed by atoms with Gasteiger partial charge >= 0.3 is 0 Å². The van der Waals surface area contributed by atoms with Crippen LogP contribution in [0.5, 0.6) is 5.75 Å². The van der Waals surface area contributed by atoms with Gasteiger partial charge in [-0.05, 0) is 42.3 Å². The van der Waals surface area contributed by atoms with Crippen LogP contribution in [0.2, 0.25) is 5.02 Å². The Kier molecular flexibility index (Phi) is 5.74. The maximum absolute atomic E-state index is 6.20. The molecule has 0 saturated carbocycles. The second-order valence-electron chi connectivity index (χ2n) is 4.48. The lowest BCUT2D eigenvalue weighted by atomic mass is 10.2. The summed E-state index contributed by atoms with van der Waals surface area (Å²) in [6.07, 6.45) is 0.971. The average Bonchev–Trinajstić information content (AvgIpc) is 2.44. The lowest BCUT2D eigenvalue weighted by Gasteiger charge is -2.10. The highest BCUT2D eigenvalue weighted by Crippen LogP contribution is 2.28.